The first-order valence-electron chi connectivity index (χ1n) is 7.46. The molecular weight excluding hydrogens is 322 g/mol. The summed E-state index contributed by atoms with van der Waals surface area (Å²) < 4.78 is 28.5. The molecule has 1 aromatic heterocycles. The second-order valence-corrected chi connectivity index (χ2v) is 6.39. The molecule has 0 saturated heterocycles. The Bertz CT molecular complexity index is 662. The molecule has 7 heteroatoms. The number of amides is 1. The number of fused-ring (bicyclic) bond motifs is 1. The number of aryl methyl sites for hydroxylation is 2. The smallest absolute Gasteiger partial charge is 0.387 e. The van der Waals surface area contributed by atoms with Crippen LogP contribution in [0, 0.1) is 0 Å². The van der Waals surface area contributed by atoms with Gasteiger partial charge in [0.15, 0.2) is 5.13 Å². The van der Waals surface area contributed by atoms with Crippen LogP contribution in [0.2, 0.25) is 0 Å². The van der Waals surface area contributed by atoms with Gasteiger partial charge in [0, 0.05) is 10.4 Å². The Morgan fingerprint density at radius 3 is 2.65 bits per heavy atom. The Kier molecular flexibility index (Phi) is 4.85. The number of rotatable bonds is 4. The first-order valence-corrected chi connectivity index (χ1v) is 8.28. The van der Waals surface area contributed by atoms with Gasteiger partial charge in [0.05, 0.1) is 5.69 Å². The summed E-state index contributed by atoms with van der Waals surface area (Å²) in [4.78, 5) is 17.9. The van der Waals surface area contributed by atoms with Gasteiger partial charge in [0.1, 0.15) is 5.75 Å². The number of halogens is 2. The Balaban J connectivity index is 1.67. The summed E-state index contributed by atoms with van der Waals surface area (Å²) in [6, 6.07) is 5.59. The zero-order valence-corrected chi connectivity index (χ0v) is 13.2. The summed E-state index contributed by atoms with van der Waals surface area (Å²) in [5.74, 6) is -0.282. The van der Waals surface area contributed by atoms with Crippen molar-refractivity contribution in [2.45, 2.75) is 38.7 Å². The van der Waals surface area contributed by atoms with Crippen molar-refractivity contribution in [1.29, 1.82) is 0 Å². The second-order valence-electron chi connectivity index (χ2n) is 5.31. The third kappa shape index (κ3) is 4.04. The molecule has 1 heterocycles. The molecule has 0 bridgehead atoms. The Labute approximate surface area is 136 Å². The number of alkyl halides is 2. The fourth-order valence-corrected chi connectivity index (χ4v) is 3.58. The van der Waals surface area contributed by atoms with Crippen molar-refractivity contribution in [3.8, 4) is 5.75 Å². The standard InChI is InChI=1S/C16H16F2N2O2S/c17-15(18)22-11-8-6-10(7-9-11)14(21)20-16-19-12-4-2-1-3-5-13(12)23-16/h6-9,15H,1-5H2,(H,19,20,21). The number of carbonyl (C=O) groups is 1. The molecule has 0 saturated carbocycles. The first-order chi connectivity index (χ1) is 11.1. The first kappa shape index (κ1) is 15.9. The number of carbonyl (C=O) groups excluding carboxylic acids is 1. The van der Waals surface area contributed by atoms with Gasteiger partial charge in [-0.1, -0.05) is 6.42 Å². The fraction of sp³-hybridized carbons (Fsp3) is 0.375. The summed E-state index contributed by atoms with van der Waals surface area (Å²) in [5, 5.41) is 3.37. The molecule has 0 aliphatic heterocycles. The predicted octanol–water partition coefficient (Wildman–Crippen LogP) is 4.27. The van der Waals surface area contributed by atoms with Crippen molar-refractivity contribution in [3.63, 3.8) is 0 Å². The van der Waals surface area contributed by atoms with Crippen LogP contribution in [0.25, 0.3) is 0 Å². The number of thiazole rings is 1. The lowest BCUT2D eigenvalue weighted by molar-refractivity contribution is -0.0498. The van der Waals surface area contributed by atoms with Crippen LogP contribution in [0.1, 0.15) is 40.2 Å². The number of nitrogens with one attached hydrogen (secondary N) is 1. The molecule has 1 N–H and O–H groups in total. The van der Waals surface area contributed by atoms with E-state index in [4.69, 9.17) is 0 Å². The molecule has 1 aliphatic carbocycles. The minimum absolute atomic E-state index is 0.0255. The molecule has 1 aromatic carbocycles. The van der Waals surface area contributed by atoms with Crippen molar-refractivity contribution < 1.29 is 18.3 Å². The minimum atomic E-state index is -2.87. The van der Waals surface area contributed by atoms with Gasteiger partial charge < -0.3 is 4.74 Å². The molecule has 0 spiro atoms. The maximum atomic E-state index is 12.2. The van der Waals surface area contributed by atoms with E-state index >= 15 is 0 Å². The lowest BCUT2D eigenvalue weighted by atomic mass is 10.2. The Morgan fingerprint density at radius 1 is 1.17 bits per heavy atom. The average molecular weight is 338 g/mol. The summed E-state index contributed by atoms with van der Waals surface area (Å²) in [7, 11) is 0. The van der Waals surface area contributed by atoms with Gasteiger partial charge in [-0.2, -0.15) is 8.78 Å². The van der Waals surface area contributed by atoms with Crippen LogP contribution in [-0.2, 0) is 12.8 Å². The number of ether oxygens (including phenoxy) is 1. The van der Waals surface area contributed by atoms with Gasteiger partial charge in [-0.15, -0.1) is 11.3 Å². The van der Waals surface area contributed by atoms with E-state index < -0.39 is 6.61 Å². The monoisotopic (exact) mass is 338 g/mol. The third-order valence-corrected chi connectivity index (χ3v) is 4.73. The maximum Gasteiger partial charge on any atom is 0.387 e. The Morgan fingerprint density at radius 2 is 1.91 bits per heavy atom. The van der Waals surface area contributed by atoms with Crippen LogP contribution < -0.4 is 10.1 Å². The normalized spacial score (nSPS) is 14.2. The number of anilines is 1. The zero-order chi connectivity index (χ0) is 16.2. The van der Waals surface area contributed by atoms with Crippen LogP contribution in [0.3, 0.4) is 0 Å². The fourth-order valence-electron chi connectivity index (χ4n) is 2.54. The average Bonchev–Trinajstić information content (AvgIpc) is 2.76. The van der Waals surface area contributed by atoms with E-state index in [0.29, 0.717) is 10.7 Å². The molecule has 23 heavy (non-hydrogen) atoms. The van der Waals surface area contributed by atoms with Crippen LogP contribution in [0.15, 0.2) is 24.3 Å². The highest BCUT2D eigenvalue weighted by Crippen LogP contribution is 2.29. The van der Waals surface area contributed by atoms with Crippen LogP contribution in [-0.4, -0.2) is 17.5 Å². The molecular formula is C16H16F2N2O2S. The van der Waals surface area contributed by atoms with E-state index in [2.05, 4.69) is 15.0 Å². The molecule has 0 radical (unpaired) electrons. The van der Waals surface area contributed by atoms with Gasteiger partial charge in [-0.05, 0) is 49.9 Å². The molecule has 0 unspecified atom stereocenters. The van der Waals surface area contributed by atoms with Crippen LogP contribution >= 0.6 is 11.3 Å². The lowest BCUT2D eigenvalue weighted by Gasteiger charge is -2.05. The number of aromatic nitrogens is 1. The van der Waals surface area contributed by atoms with E-state index in [-0.39, 0.29) is 11.7 Å². The number of nitrogens with zero attached hydrogens (tertiary/aromatic N) is 1. The van der Waals surface area contributed by atoms with Gasteiger partial charge in [0.2, 0.25) is 0 Å². The molecule has 3 rings (SSSR count). The van der Waals surface area contributed by atoms with Gasteiger partial charge in [0.25, 0.3) is 5.91 Å². The lowest BCUT2D eigenvalue weighted by Crippen LogP contribution is -2.11. The summed E-state index contributed by atoms with van der Waals surface area (Å²) in [6.45, 7) is -2.87. The van der Waals surface area contributed by atoms with Gasteiger partial charge >= 0.3 is 6.61 Å². The molecule has 0 atom stereocenters. The SMILES string of the molecule is O=C(Nc1nc2c(s1)CCCCC2)c1ccc(OC(F)F)cc1. The molecule has 4 nitrogen and oxygen atoms in total. The summed E-state index contributed by atoms with van der Waals surface area (Å²) in [5.41, 5.74) is 1.46. The number of hydrogen-bond donors (Lipinski definition) is 1. The highest BCUT2D eigenvalue weighted by Gasteiger charge is 2.16. The Hall–Kier alpha value is -2.02. The van der Waals surface area contributed by atoms with E-state index in [1.54, 1.807) is 0 Å². The number of benzene rings is 1. The topological polar surface area (TPSA) is 51.2 Å². The molecule has 1 amide bonds. The molecule has 0 fully saturated rings. The van der Waals surface area contributed by atoms with Crippen LogP contribution in [0.5, 0.6) is 5.75 Å². The van der Waals surface area contributed by atoms with E-state index in [9.17, 15) is 13.6 Å². The van der Waals surface area contributed by atoms with Crippen molar-refractivity contribution in [2.24, 2.45) is 0 Å². The van der Waals surface area contributed by atoms with E-state index in [0.717, 1.165) is 31.4 Å². The highest BCUT2D eigenvalue weighted by atomic mass is 32.1. The minimum Gasteiger partial charge on any atom is -0.435 e. The third-order valence-electron chi connectivity index (χ3n) is 3.66. The molecule has 2 aromatic rings. The quantitative estimate of drug-likeness (QED) is 0.847. The van der Waals surface area contributed by atoms with Crippen molar-refractivity contribution in [2.75, 3.05) is 5.32 Å². The zero-order valence-electron chi connectivity index (χ0n) is 12.4. The predicted molar refractivity (Wildman–Crippen MR) is 84.4 cm³/mol. The van der Waals surface area contributed by atoms with Crippen molar-refractivity contribution >= 4 is 22.4 Å². The maximum absolute atomic E-state index is 12.2. The summed E-state index contributed by atoms with van der Waals surface area (Å²) in [6.07, 6.45) is 5.49. The largest absolute Gasteiger partial charge is 0.435 e. The van der Waals surface area contributed by atoms with Crippen LogP contribution in [0.4, 0.5) is 13.9 Å². The molecule has 1 aliphatic rings. The van der Waals surface area contributed by atoms with E-state index in [1.165, 1.54) is 46.9 Å². The highest BCUT2D eigenvalue weighted by molar-refractivity contribution is 7.15. The van der Waals surface area contributed by atoms with Gasteiger partial charge in [-0.25, -0.2) is 4.98 Å². The summed E-state index contributed by atoms with van der Waals surface area (Å²) >= 11 is 1.52. The van der Waals surface area contributed by atoms with Crippen molar-refractivity contribution in [3.05, 3.63) is 40.4 Å². The molecule has 122 valence electrons. The second kappa shape index (κ2) is 7.04. The van der Waals surface area contributed by atoms with Gasteiger partial charge in [-0.3, -0.25) is 10.1 Å². The van der Waals surface area contributed by atoms with Crippen molar-refractivity contribution in [1.82, 2.24) is 4.98 Å². The van der Waals surface area contributed by atoms with E-state index in [1.807, 2.05) is 0 Å². The number of hydrogen-bond acceptors (Lipinski definition) is 4.